The minimum absolute atomic E-state index is 0.0891. The summed E-state index contributed by atoms with van der Waals surface area (Å²) in [5.74, 6) is 2.91. The molecule has 1 heteroatoms. The van der Waals surface area contributed by atoms with Crippen molar-refractivity contribution in [2.75, 3.05) is 4.90 Å². The first-order valence-electron chi connectivity index (χ1n) is 16.4. The van der Waals surface area contributed by atoms with Crippen molar-refractivity contribution in [2.24, 2.45) is 0 Å². The Labute approximate surface area is 278 Å². The number of anilines is 3. The van der Waals surface area contributed by atoms with Gasteiger partial charge in [0.25, 0.3) is 0 Å². The summed E-state index contributed by atoms with van der Waals surface area (Å²) in [5, 5.41) is 0. The van der Waals surface area contributed by atoms with Crippen LogP contribution in [0.1, 0.15) is 94.3 Å². The van der Waals surface area contributed by atoms with Crippen molar-refractivity contribution in [3.05, 3.63) is 148 Å². The van der Waals surface area contributed by atoms with Gasteiger partial charge in [0.1, 0.15) is 0 Å². The standard InChI is InChI=1S/C45H49N/c1-12-33-16-13-14-18-42(33)45(10,11)41-19-15-17-39(32(41)3)40-30-38(25-20-31(40)2)46(36-26-21-34(22-27-36)43(4,5)6)37-28-23-35(24-29-37)44(7,8)9/h1,13-30H,2-11H3. The number of nitrogens with zero attached hydrogens (tertiary/aromatic N) is 1. The lowest BCUT2D eigenvalue weighted by atomic mass is 9.73. The molecule has 1 nitrogen and oxygen atoms in total. The molecule has 0 amide bonds. The van der Waals surface area contributed by atoms with E-state index >= 15 is 0 Å². The van der Waals surface area contributed by atoms with Crippen molar-refractivity contribution in [3.8, 4) is 23.5 Å². The molecule has 0 heterocycles. The highest BCUT2D eigenvalue weighted by Gasteiger charge is 2.28. The van der Waals surface area contributed by atoms with Gasteiger partial charge in [0.15, 0.2) is 0 Å². The minimum atomic E-state index is -0.260. The number of hydrogen-bond acceptors (Lipinski definition) is 1. The van der Waals surface area contributed by atoms with Gasteiger partial charge in [-0.2, -0.15) is 0 Å². The summed E-state index contributed by atoms with van der Waals surface area (Å²) in [7, 11) is 0. The van der Waals surface area contributed by atoms with Gasteiger partial charge in [-0.05, 0) is 112 Å². The number of terminal acetylenes is 1. The molecule has 0 radical (unpaired) electrons. The Balaban J connectivity index is 1.66. The van der Waals surface area contributed by atoms with Crippen LogP contribution < -0.4 is 4.90 Å². The molecule has 0 saturated heterocycles. The lowest BCUT2D eigenvalue weighted by molar-refractivity contribution is 0.590. The molecule has 0 unspecified atom stereocenters. The molecule has 46 heavy (non-hydrogen) atoms. The van der Waals surface area contributed by atoms with E-state index in [1.54, 1.807) is 0 Å². The highest BCUT2D eigenvalue weighted by Crippen LogP contribution is 2.42. The first-order chi connectivity index (χ1) is 21.6. The van der Waals surface area contributed by atoms with Crippen LogP contribution in [0.3, 0.4) is 0 Å². The molecule has 5 rings (SSSR count). The van der Waals surface area contributed by atoms with Crippen LogP contribution in [0.15, 0.2) is 109 Å². The van der Waals surface area contributed by atoms with Gasteiger partial charge < -0.3 is 4.90 Å². The summed E-state index contributed by atoms with van der Waals surface area (Å²) in [6.07, 6.45) is 5.95. The van der Waals surface area contributed by atoms with E-state index in [9.17, 15) is 0 Å². The zero-order valence-electron chi connectivity index (χ0n) is 29.4. The molecule has 0 aliphatic carbocycles. The largest absolute Gasteiger partial charge is 0.310 e. The van der Waals surface area contributed by atoms with E-state index in [1.165, 1.54) is 44.5 Å². The fraction of sp³-hybridized carbons (Fsp3) is 0.289. The molecular formula is C45H49N. The van der Waals surface area contributed by atoms with Gasteiger partial charge in [-0.3, -0.25) is 0 Å². The third kappa shape index (κ3) is 6.41. The molecule has 5 aromatic carbocycles. The average molecular weight is 604 g/mol. The molecule has 0 aliphatic heterocycles. The molecule has 0 aliphatic rings. The van der Waals surface area contributed by atoms with Crippen molar-refractivity contribution in [3.63, 3.8) is 0 Å². The second-order valence-corrected chi connectivity index (χ2v) is 15.2. The first kappa shape index (κ1) is 32.8. The van der Waals surface area contributed by atoms with Crippen molar-refractivity contribution < 1.29 is 0 Å². The highest BCUT2D eigenvalue weighted by molar-refractivity contribution is 5.82. The maximum atomic E-state index is 5.95. The van der Waals surface area contributed by atoms with Crippen molar-refractivity contribution in [1.29, 1.82) is 0 Å². The smallest absolute Gasteiger partial charge is 0.0467 e. The molecule has 0 aromatic heterocycles. The molecule has 0 fully saturated rings. The second-order valence-electron chi connectivity index (χ2n) is 15.2. The second kappa shape index (κ2) is 12.3. The molecular weight excluding hydrogens is 555 g/mol. The van der Waals surface area contributed by atoms with E-state index in [2.05, 4.69) is 177 Å². The van der Waals surface area contributed by atoms with Crippen molar-refractivity contribution >= 4 is 17.1 Å². The normalized spacial score (nSPS) is 12.1. The molecule has 0 spiro atoms. The summed E-state index contributed by atoms with van der Waals surface area (Å²) < 4.78 is 0. The van der Waals surface area contributed by atoms with E-state index in [-0.39, 0.29) is 16.2 Å². The summed E-state index contributed by atoms with van der Waals surface area (Å²) in [5.41, 5.74) is 14.4. The summed E-state index contributed by atoms with van der Waals surface area (Å²) in [6.45, 7) is 22.6. The van der Waals surface area contributed by atoms with Crippen LogP contribution >= 0.6 is 0 Å². The number of rotatable bonds is 6. The van der Waals surface area contributed by atoms with E-state index in [4.69, 9.17) is 6.42 Å². The Morgan fingerprint density at radius 1 is 0.522 bits per heavy atom. The van der Waals surface area contributed by atoms with Crippen LogP contribution in [0.4, 0.5) is 17.1 Å². The third-order valence-corrected chi connectivity index (χ3v) is 9.52. The molecule has 5 aromatic rings. The molecule has 0 N–H and O–H groups in total. The third-order valence-electron chi connectivity index (χ3n) is 9.52. The van der Waals surface area contributed by atoms with Gasteiger partial charge in [0.2, 0.25) is 0 Å². The zero-order valence-corrected chi connectivity index (χ0v) is 29.4. The quantitative estimate of drug-likeness (QED) is 0.175. The van der Waals surface area contributed by atoms with Crippen molar-refractivity contribution in [1.82, 2.24) is 0 Å². The Morgan fingerprint density at radius 2 is 1.02 bits per heavy atom. The predicted octanol–water partition coefficient (Wildman–Crippen LogP) is 12.3. The van der Waals surface area contributed by atoms with E-state index in [0.717, 1.165) is 22.6 Å². The maximum absolute atomic E-state index is 5.95. The van der Waals surface area contributed by atoms with Crippen LogP contribution in [0.5, 0.6) is 0 Å². The fourth-order valence-corrected chi connectivity index (χ4v) is 6.61. The fourth-order valence-electron chi connectivity index (χ4n) is 6.61. The first-order valence-corrected chi connectivity index (χ1v) is 16.4. The van der Waals surface area contributed by atoms with Gasteiger partial charge >= 0.3 is 0 Å². The summed E-state index contributed by atoms with van der Waals surface area (Å²) in [6, 6.07) is 40.0. The topological polar surface area (TPSA) is 3.24 Å². The molecule has 0 saturated carbocycles. The van der Waals surface area contributed by atoms with E-state index < -0.39 is 0 Å². The van der Waals surface area contributed by atoms with Gasteiger partial charge in [0.05, 0.1) is 0 Å². The van der Waals surface area contributed by atoms with E-state index in [1.807, 2.05) is 12.1 Å². The van der Waals surface area contributed by atoms with Gasteiger partial charge in [-0.15, -0.1) is 6.42 Å². The van der Waals surface area contributed by atoms with E-state index in [0.29, 0.717) is 0 Å². The molecule has 0 bridgehead atoms. The molecule has 234 valence electrons. The SMILES string of the molecule is C#Cc1ccccc1C(C)(C)c1cccc(-c2cc(N(c3ccc(C(C)(C)C)cc3)c3ccc(C(C)(C)C)cc3)ccc2C)c1C. The number of benzene rings is 5. The number of aryl methyl sites for hydroxylation is 1. The lowest BCUT2D eigenvalue weighted by Gasteiger charge is -2.31. The number of hydrogen-bond donors (Lipinski definition) is 0. The van der Waals surface area contributed by atoms with Gasteiger partial charge in [0, 0.05) is 28.0 Å². The Hall–Kier alpha value is -4.54. The highest BCUT2D eigenvalue weighted by atomic mass is 15.1. The molecule has 0 atom stereocenters. The van der Waals surface area contributed by atoms with Gasteiger partial charge in [-0.25, -0.2) is 0 Å². The Kier molecular flexibility index (Phi) is 8.81. The summed E-state index contributed by atoms with van der Waals surface area (Å²) in [4.78, 5) is 2.38. The van der Waals surface area contributed by atoms with Crippen molar-refractivity contribution in [2.45, 2.75) is 85.5 Å². The van der Waals surface area contributed by atoms with Gasteiger partial charge in [-0.1, -0.05) is 128 Å². The lowest BCUT2D eigenvalue weighted by Crippen LogP contribution is -2.22. The van der Waals surface area contributed by atoms with Crippen LogP contribution in [0.2, 0.25) is 0 Å². The maximum Gasteiger partial charge on any atom is 0.0467 e. The van der Waals surface area contributed by atoms with Crippen LogP contribution in [-0.2, 0) is 16.2 Å². The van der Waals surface area contributed by atoms with Crippen LogP contribution in [0.25, 0.3) is 11.1 Å². The zero-order chi connectivity index (χ0) is 33.4. The Morgan fingerprint density at radius 3 is 1.54 bits per heavy atom. The minimum Gasteiger partial charge on any atom is -0.310 e. The Bertz CT molecular complexity index is 1820. The average Bonchev–Trinajstić information content (AvgIpc) is 3.02. The van der Waals surface area contributed by atoms with Crippen LogP contribution in [-0.4, -0.2) is 0 Å². The monoisotopic (exact) mass is 603 g/mol. The summed E-state index contributed by atoms with van der Waals surface area (Å²) >= 11 is 0. The predicted molar refractivity (Wildman–Crippen MR) is 200 cm³/mol. The van der Waals surface area contributed by atoms with Crippen LogP contribution in [0, 0.1) is 26.2 Å².